The average molecular weight is 1160 g/mol. The molecule has 0 saturated carbocycles. The minimum atomic E-state index is -0.428. The summed E-state index contributed by atoms with van der Waals surface area (Å²) in [6.07, 6.45) is 32.2. The molecule has 8 bridgehead atoms. The molecular formula is C74H108O10. The van der Waals surface area contributed by atoms with Gasteiger partial charge in [-0.15, -0.1) is 0 Å². The molecule has 0 amide bonds. The number of fused-ring (bicyclic) bond motifs is 8. The van der Waals surface area contributed by atoms with Gasteiger partial charge in [-0.25, -0.2) is 9.59 Å². The molecule has 1 aliphatic carbocycles. The molecule has 0 unspecified atom stereocenters. The van der Waals surface area contributed by atoms with Crippen LogP contribution in [0.2, 0.25) is 0 Å². The quantitative estimate of drug-likeness (QED) is 0.0221. The van der Waals surface area contributed by atoms with Gasteiger partial charge in [-0.05, 0) is 144 Å². The number of rotatable bonds is 44. The van der Waals surface area contributed by atoms with Crippen LogP contribution in [0.25, 0.3) is 0 Å². The van der Waals surface area contributed by atoms with Gasteiger partial charge in [0.1, 0.15) is 23.0 Å². The zero-order valence-electron chi connectivity index (χ0n) is 52.6. The van der Waals surface area contributed by atoms with Crippen LogP contribution in [0.4, 0.5) is 0 Å². The topological polar surface area (TPSA) is 130 Å². The van der Waals surface area contributed by atoms with Crippen molar-refractivity contribution in [1.82, 2.24) is 0 Å². The van der Waals surface area contributed by atoms with Gasteiger partial charge in [-0.2, -0.15) is 0 Å². The SMILES string of the molecule is C=CC(=O)OCCCc1cc2c(OCCCCCCC)c(c1)Cc1cc(CCCOC(=O)C=C)cc(c1OCCCCCCC)Cc1cc(CCCO)cc(c1OCCCCCCC)Cc1cc(CCCO)cc(c1OCCCCCCC)C2. The van der Waals surface area contributed by atoms with E-state index in [1.807, 2.05) is 0 Å². The van der Waals surface area contributed by atoms with Crippen molar-refractivity contribution in [3.05, 3.63) is 141 Å². The third-order valence-electron chi connectivity index (χ3n) is 16.0. The summed E-state index contributed by atoms with van der Waals surface area (Å²) in [7, 11) is 0. The van der Waals surface area contributed by atoms with E-state index in [1.165, 1.54) is 76.4 Å². The van der Waals surface area contributed by atoms with E-state index < -0.39 is 11.9 Å². The van der Waals surface area contributed by atoms with Crippen LogP contribution in [0.3, 0.4) is 0 Å². The highest BCUT2D eigenvalue weighted by molar-refractivity contribution is 5.81. The molecule has 10 heteroatoms. The Balaban J connectivity index is 1.89. The van der Waals surface area contributed by atoms with Crippen molar-refractivity contribution in [3.8, 4) is 23.0 Å². The van der Waals surface area contributed by atoms with Crippen molar-refractivity contribution in [3.63, 3.8) is 0 Å². The number of ether oxygens (including phenoxy) is 6. The molecular weight excluding hydrogens is 1050 g/mol. The molecule has 10 nitrogen and oxygen atoms in total. The predicted octanol–water partition coefficient (Wildman–Crippen LogP) is 16.9. The Morgan fingerprint density at radius 1 is 0.345 bits per heavy atom. The summed E-state index contributed by atoms with van der Waals surface area (Å²) in [5.41, 5.74) is 13.2. The fourth-order valence-corrected chi connectivity index (χ4v) is 11.6. The largest absolute Gasteiger partial charge is 0.493 e. The maximum absolute atomic E-state index is 12.3. The molecule has 0 heterocycles. The van der Waals surface area contributed by atoms with E-state index in [9.17, 15) is 19.8 Å². The van der Waals surface area contributed by atoms with Crippen molar-refractivity contribution in [2.45, 2.75) is 233 Å². The summed E-state index contributed by atoms with van der Waals surface area (Å²) in [5.74, 6) is 2.71. The fourth-order valence-electron chi connectivity index (χ4n) is 11.6. The standard InChI is InChI=1S/C74H108O10/c1-7-13-17-21-25-39-81-71-61-45-57(33-29-37-75)47-63(71)54-65-49-59(35-31-43-79-69(77)11-5)51-67(73(65)83-41-27-23-19-15-9-3)56-68-52-60(36-32-44-80-70(78)12-6)50-66(74(68)84-42-28-24-20-16-10-4)55-64-48-58(34-30-38-76)46-62(53-61)72(64)82-40-26-22-18-14-8-2/h11-12,45-52,75-76H,5-10,13-44,53-56H2,1-4H3. The average Bonchev–Trinajstić information content (AvgIpc) is 2.31. The minimum absolute atomic E-state index is 0.0894. The molecule has 464 valence electrons. The summed E-state index contributed by atoms with van der Waals surface area (Å²) >= 11 is 0. The van der Waals surface area contributed by atoms with Crippen LogP contribution in [0.1, 0.15) is 249 Å². The van der Waals surface area contributed by atoms with Crippen LogP contribution in [-0.4, -0.2) is 75.0 Å². The van der Waals surface area contributed by atoms with Gasteiger partial charge in [0.05, 0.1) is 39.6 Å². The summed E-state index contributed by atoms with van der Waals surface area (Å²) in [4.78, 5) is 24.5. The highest BCUT2D eigenvalue weighted by Crippen LogP contribution is 2.42. The lowest BCUT2D eigenvalue weighted by atomic mass is 9.87. The number of aryl methyl sites for hydroxylation is 4. The zero-order chi connectivity index (χ0) is 60.0. The Kier molecular flexibility index (Phi) is 34.2. The van der Waals surface area contributed by atoms with E-state index in [0.717, 1.165) is 154 Å². The fraction of sp³-hybridized carbons (Fsp3) is 0.595. The number of carbonyl (C=O) groups excluding carboxylic acids is 2. The molecule has 5 rings (SSSR count). The smallest absolute Gasteiger partial charge is 0.330 e. The Morgan fingerprint density at radius 2 is 0.571 bits per heavy atom. The molecule has 0 spiro atoms. The molecule has 84 heavy (non-hydrogen) atoms. The van der Waals surface area contributed by atoms with Gasteiger partial charge in [0.2, 0.25) is 0 Å². The summed E-state index contributed by atoms with van der Waals surface area (Å²) < 4.78 is 40.0. The van der Waals surface area contributed by atoms with E-state index in [2.05, 4.69) is 89.4 Å². The second kappa shape index (κ2) is 41.5. The van der Waals surface area contributed by atoms with Crippen LogP contribution in [-0.2, 0) is 70.4 Å². The number of carbonyl (C=O) groups is 2. The first-order chi connectivity index (χ1) is 41.2. The van der Waals surface area contributed by atoms with Crippen molar-refractivity contribution in [1.29, 1.82) is 0 Å². The van der Waals surface area contributed by atoms with Crippen LogP contribution in [0, 0.1) is 0 Å². The number of hydrogen-bond donors (Lipinski definition) is 2. The summed E-state index contributed by atoms with van der Waals surface area (Å²) in [5, 5.41) is 20.6. The number of aliphatic hydroxyl groups is 2. The van der Waals surface area contributed by atoms with E-state index in [-0.39, 0.29) is 26.4 Å². The molecule has 1 aliphatic rings. The maximum Gasteiger partial charge on any atom is 0.330 e. The summed E-state index contributed by atoms with van der Waals surface area (Å²) in [6.45, 7) is 19.3. The molecule has 2 N–H and O–H groups in total. The van der Waals surface area contributed by atoms with Gasteiger partial charge >= 0.3 is 11.9 Å². The predicted molar refractivity (Wildman–Crippen MR) is 344 cm³/mol. The molecule has 0 aliphatic heterocycles. The lowest BCUT2D eigenvalue weighted by Crippen LogP contribution is -2.12. The van der Waals surface area contributed by atoms with E-state index in [1.54, 1.807) is 0 Å². The number of esters is 2. The molecule has 0 aromatic heterocycles. The molecule has 0 fully saturated rings. The molecule has 4 aromatic rings. The number of benzene rings is 4. The lowest BCUT2D eigenvalue weighted by Gasteiger charge is -2.25. The van der Waals surface area contributed by atoms with Gasteiger partial charge in [-0.1, -0.05) is 192 Å². The van der Waals surface area contributed by atoms with Crippen molar-refractivity contribution < 1.29 is 48.2 Å². The van der Waals surface area contributed by atoms with Gasteiger partial charge in [0.15, 0.2) is 0 Å². The molecule has 4 aromatic carbocycles. The highest BCUT2D eigenvalue weighted by Gasteiger charge is 2.25. The summed E-state index contributed by atoms with van der Waals surface area (Å²) in [6, 6.07) is 18.5. The van der Waals surface area contributed by atoms with Crippen molar-refractivity contribution >= 4 is 11.9 Å². The van der Waals surface area contributed by atoms with Crippen molar-refractivity contribution in [2.75, 3.05) is 52.9 Å². The maximum atomic E-state index is 12.3. The Bertz CT molecular complexity index is 2390. The zero-order valence-corrected chi connectivity index (χ0v) is 52.6. The van der Waals surface area contributed by atoms with Crippen LogP contribution in [0.5, 0.6) is 23.0 Å². The normalized spacial score (nSPS) is 12.0. The highest BCUT2D eigenvalue weighted by atomic mass is 16.5. The van der Waals surface area contributed by atoms with Gasteiger partial charge in [0.25, 0.3) is 0 Å². The van der Waals surface area contributed by atoms with Crippen LogP contribution in [0.15, 0.2) is 73.8 Å². The van der Waals surface area contributed by atoms with E-state index in [0.29, 0.717) is 103 Å². The first-order valence-corrected chi connectivity index (χ1v) is 33.1. The van der Waals surface area contributed by atoms with Crippen LogP contribution >= 0.6 is 0 Å². The Morgan fingerprint density at radius 3 is 0.786 bits per heavy atom. The Labute approximate surface area is 507 Å². The second-order valence-corrected chi connectivity index (χ2v) is 23.3. The number of hydrogen-bond acceptors (Lipinski definition) is 10. The number of unbranched alkanes of at least 4 members (excludes halogenated alkanes) is 16. The second-order valence-electron chi connectivity index (χ2n) is 23.3. The first kappa shape index (κ1) is 69.2. The van der Waals surface area contributed by atoms with Gasteiger partial charge in [-0.3, -0.25) is 0 Å². The van der Waals surface area contributed by atoms with Crippen molar-refractivity contribution in [2.24, 2.45) is 0 Å². The number of aliphatic hydroxyl groups excluding tert-OH is 2. The third-order valence-corrected chi connectivity index (χ3v) is 16.0. The lowest BCUT2D eigenvalue weighted by molar-refractivity contribution is -0.138. The third kappa shape index (κ3) is 24.8. The minimum Gasteiger partial charge on any atom is -0.493 e. The molecule has 0 saturated heterocycles. The molecule has 0 atom stereocenters. The molecule has 0 radical (unpaired) electrons. The first-order valence-electron chi connectivity index (χ1n) is 33.1. The Hall–Kier alpha value is -5.58. The van der Waals surface area contributed by atoms with E-state index >= 15 is 0 Å². The van der Waals surface area contributed by atoms with Crippen LogP contribution < -0.4 is 18.9 Å². The monoisotopic (exact) mass is 1160 g/mol. The van der Waals surface area contributed by atoms with Gasteiger partial charge in [0, 0.05) is 51.0 Å². The van der Waals surface area contributed by atoms with E-state index in [4.69, 9.17) is 28.4 Å². The van der Waals surface area contributed by atoms with Gasteiger partial charge < -0.3 is 38.6 Å².